The summed E-state index contributed by atoms with van der Waals surface area (Å²) < 4.78 is 1.85. The van der Waals surface area contributed by atoms with Crippen LogP contribution >= 0.6 is 11.6 Å². The summed E-state index contributed by atoms with van der Waals surface area (Å²) in [6.07, 6.45) is 15.5. The number of carbonyl (C=O) groups excluding carboxylic acids is 2. The van der Waals surface area contributed by atoms with Crippen LogP contribution in [-0.2, 0) is 9.59 Å². The normalized spacial score (nSPS) is 15.8. The molecule has 0 saturated carbocycles. The number of hydrogen-bond donors (Lipinski definition) is 1. The highest BCUT2D eigenvalue weighted by molar-refractivity contribution is 6.28. The van der Waals surface area contributed by atoms with Crippen molar-refractivity contribution < 1.29 is 9.59 Å². The zero-order valence-corrected chi connectivity index (χ0v) is 38.4. The van der Waals surface area contributed by atoms with Crippen molar-refractivity contribution in [3.63, 3.8) is 0 Å². The summed E-state index contributed by atoms with van der Waals surface area (Å²) in [5.41, 5.74) is 3.09. The van der Waals surface area contributed by atoms with Crippen molar-refractivity contribution in [3.8, 4) is 29.0 Å². The molecule has 0 aliphatic carbocycles. The van der Waals surface area contributed by atoms with E-state index >= 15 is 0 Å². The van der Waals surface area contributed by atoms with Gasteiger partial charge in [-0.2, -0.15) is 9.97 Å². The van der Waals surface area contributed by atoms with Crippen molar-refractivity contribution in [1.29, 1.82) is 0 Å². The quantitative estimate of drug-likeness (QED) is 0.152. The number of hydrogen-bond acceptors (Lipinski definition) is 12. The fourth-order valence-corrected chi connectivity index (χ4v) is 8.61. The Morgan fingerprint density at radius 1 is 0.631 bits per heavy atom. The minimum atomic E-state index is -0.253. The predicted octanol–water partition coefficient (Wildman–Crippen LogP) is 8.57. The van der Waals surface area contributed by atoms with Crippen LogP contribution in [0.5, 0.6) is 0 Å². The van der Waals surface area contributed by atoms with Gasteiger partial charge in [-0.25, -0.2) is 19.9 Å². The molecule has 2 aliphatic rings. The van der Waals surface area contributed by atoms with Gasteiger partial charge in [-0.3, -0.25) is 24.1 Å². The van der Waals surface area contributed by atoms with E-state index in [2.05, 4.69) is 76.8 Å². The van der Waals surface area contributed by atoms with Gasteiger partial charge >= 0.3 is 0 Å². The molecule has 8 aromatic rings. The van der Waals surface area contributed by atoms with Crippen molar-refractivity contribution >= 4 is 68.0 Å². The van der Waals surface area contributed by atoms with Gasteiger partial charge in [0, 0.05) is 74.1 Å². The number of H-pyrrole nitrogens is 1. The molecule has 2 aliphatic heterocycles. The van der Waals surface area contributed by atoms with Crippen LogP contribution in [0.4, 0.5) is 23.0 Å². The standard InChI is InChI=1S/C24H25N7O.C12H17ClN4O.C12H9N3/c1-5-18-23(32)29(4)19-14-27-24(28-21(19)31(18)15(2)3)30-13-12-26-22(30)20-17-9-7-6-8-16(17)10-11-25-20;1-5-8-11(18)16(4)9-6-14-12(13)15-10(9)17(8)7(2)3;1-2-4-10-9(3-1)5-6-13-11(10)12-14-7-8-15-12/h6-15,18H,5H2,1-4H3;6-8H,5H2,1-4H3;1-8H,(H,14,15)/t18-;8-;/m11./s1. The Labute approximate surface area is 382 Å². The second-order valence-corrected chi connectivity index (χ2v) is 16.5. The number of aromatic nitrogens is 10. The van der Waals surface area contributed by atoms with Crippen molar-refractivity contribution in [2.75, 3.05) is 33.7 Å². The molecule has 2 aromatic carbocycles. The molecule has 8 heterocycles. The number of amides is 2. The molecule has 1 N–H and O–H groups in total. The lowest BCUT2D eigenvalue weighted by Gasteiger charge is -2.42. The maximum absolute atomic E-state index is 12.9. The number of imidazole rings is 2. The largest absolute Gasteiger partial charge is 0.343 e. The number of pyridine rings is 2. The number of halogens is 1. The van der Waals surface area contributed by atoms with Gasteiger partial charge in [0.2, 0.25) is 23.0 Å². The van der Waals surface area contributed by atoms with Crippen LogP contribution in [0.2, 0.25) is 5.28 Å². The average molecular weight is 891 g/mol. The van der Waals surface area contributed by atoms with Gasteiger partial charge in [-0.1, -0.05) is 62.4 Å². The molecule has 0 unspecified atom stereocenters. The third-order valence-corrected chi connectivity index (χ3v) is 11.8. The van der Waals surface area contributed by atoms with E-state index in [1.807, 2.05) is 85.8 Å². The van der Waals surface area contributed by atoms with E-state index in [9.17, 15) is 9.59 Å². The molecule has 6 aromatic heterocycles. The molecule has 2 atom stereocenters. The highest BCUT2D eigenvalue weighted by Gasteiger charge is 2.39. The molecule has 0 bridgehead atoms. The smallest absolute Gasteiger partial charge is 0.249 e. The topological polar surface area (TPSA) is 171 Å². The predicted molar refractivity (Wildman–Crippen MR) is 256 cm³/mol. The van der Waals surface area contributed by atoms with Gasteiger partial charge in [0.25, 0.3) is 0 Å². The summed E-state index contributed by atoms with van der Waals surface area (Å²) in [5, 5.41) is 4.61. The summed E-state index contributed by atoms with van der Waals surface area (Å²) in [6.45, 7) is 12.3. The van der Waals surface area contributed by atoms with Crippen molar-refractivity contribution in [2.24, 2.45) is 0 Å². The van der Waals surface area contributed by atoms with E-state index in [-0.39, 0.29) is 41.3 Å². The number of anilines is 4. The number of likely N-dealkylation sites (N-methyl/N-ethyl adjacent to an activating group) is 2. The van der Waals surface area contributed by atoms with Crippen LogP contribution in [-0.4, -0.2) is 99.5 Å². The molecule has 65 heavy (non-hydrogen) atoms. The Morgan fingerprint density at radius 2 is 1.17 bits per heavy atom. The number of fused-ring (bicyclic) bond motifs is 4. The van der Waals surface area contributed by atoms with Gasteiger partial charge in [0.1, 0.15) is 34.8 Å². The number of rotatable bonds is 7. The van der Waals surface area contributed by atoms with E-state index in [1.54, 1.807) is 67.3 Å². The van der Waals surface area contributed by atoms with Gasteiger partial charge in [-0.15, -0.1) is 0 Å². The number of carbonyl (C=O) groups is 2. The van der Waals surface area contributed by atoms with E-state index in [0.717, 1.165) is 51.4 Å². The van der Waals surface area contributed by atoms with E-state index in [0.29, 0.717) is 29.6 Å². The number of benzene rings is 2. The Balaban J connectivity index is 0.000000147. The van der Waals surface area contributed by atoms with Gasteiger partial charge < -0.3 is 24.6 Å². The average Bonchev–Trinajstić information content (AvgIpc) is 4.05. The summed E-state index contributed by atoms with van der Waals surface area (Å²) in [6, 6.07) is 20.1. The molecule has 0 radical (unpaired) electrons. The van der Waals surface area contributed by atoms with Crippen LogP contribution < -0.4 is 19.6 Å². The summed E-state index contributed by atoms with van der Waals surface area (Å²) >= 11 is 5.87. The fraction of sp³-hybridized carbons (Fsp3) is 0.292. The van der Waals surface area contributed by atoms with Crippen molar-refractivity contribution in [1.82, 2.24) is 49.4 Å². The molecule has 0 saturated heterocycles. The molecule has 2 amide bonds. The first-order valence-corrected chi connectivity index (χ1v) is 22.0. The second kappa shape index (κ2) is 18.8. The molecule has 332 valence electrons. The molecule has 17 heteroatoms. The van der Waals surface area contributed by atoms with Crippen LogP contribution in [0.25, 0.3) is 50.5 Å². The van der Waals surface area contributed by atoms with Crippen LogP contribution in [0.3, 0.4) is 0 Å². The third kappa shape index (κ3) is 8.44. The minimum Gasteiger partial charge on any atom is -0.343 e. The molecule has 10 rings (SSSR count). The first-order chi connectivity index (χ1) is 31.4. The lowest BCUT2D eigenvalue weighted by molar-refractivity contribution is -0.120. The molecule has 0 fully saturated rings. The number of aromatic amines is 1. The number of nitrogens with one attached hydrogen (secondary N) is 1. The number of nitrogens with zero attached hydrogens (tertiary/aromatic N) is 13. The highest BCUT2D eigenvalue weighted by Crippen LogP contribution is 2.38. The maximum atomic E-state index is 12.9. The zero-order chi connectivity index (χ0) is 45.9. The SMILES string of the molecule is CC[C@@H]1C(=O)N(C)c2cnc(-n3ccnc3-c3nccc4ccccc34)nc2N1C(C)C.CC[C@@H]1C(=O)N(C)c2cnc(Cl)nc2N1C(C)C.c1ccc2c(-c3ncc[nH]3)nccc2c1. The Bertz CT molecular complexity index is 2960. The molecular formula is C48H51ClN14O2. The summed E-state index contributed by atoms with van der Waals surface area (Å²) in [4.78, 5) is 71.2. The lowest BCUT2D eigenvalue weighted by Crippen LogP contribution is -2.55. The summed E-state index contributed by atoms with van der Waals surface area (Å²) in [5.74, 6) is 3.60. The second-order valence-electron chi connectivity index (χ2n) is 16.2. The maximum Gasteiger partial charge on any atom is 0.249 e. The minimum absolute atomic E-state index is 0.0633. The van der Waals surface area contributed by atoms with E-state index < -0.39 is 0 Å². The van der Waals surface area contributed by atoms with Gasteiger partial charge in [0.15, 0.2) is 23.3 Å². The lowest BCUT2D eigenvalue weighted by atomic mass is 10.1. The first-order valence-electron chi connectivity index (χ1n) is 21.7. The van der Waals surface area contributed by atoms with Gasteiger partial charge in [0.05, 0.1) is 12.4 Å². The van der Waals surface area contributed by atoms with Crippen LogP contribution in [0.15, 0.2) is 110 Å². The molecular weight excluding hydrogens is 840 g/mol. The van der Waals surface area contributed by atoms with Crippen LogP contribution in [0, 0.1) is 0 Å². The summed E-state index contributed by atoms with van der Waals surface area (Å²) in [7, 11) is 3.53. The Kier molecular flexibility index (Phi) is 12.8. The highest BCUT2D eigenvalue weighted by atomic mass is 35.5. The first kappa shape index (κ1) is 44.3. The molecule has 16 nitrogen and oxygen atoms in total. The van der Waals surface area contributed by atoms with Gasteiger partial charge in [-0.05, 0) is 75.0 Å². The van der Waals surface area contributed by atoms with Crippen molar-refractivity contribution in [2.45, 2.75) is 78.6 Å². The monoisotopic (exact) mass is 890 g/mol. The fourth-order valence-electron chi connectivity index (χ4n) is 8.48. The van der Waals surface area contributed by atoms with Crippen molar-refractivity contribution in [3.05, 3.63) is 116 Å². The van der Waals surface area contributed by atoms with Crippen LogP contribution in [0.1, 0.15) is 54.4 Å². The Morgan fingerprint density at radius 3 is 1.72 bits per heavy atom. The van der Waals surface area contributed by atoms with E-state index in [4.69, 9.17) is 16.6 Å². The third-order valence-electron chi connectivity index (χ3n) is 11.6. The molecule has 0 spiro atoms. The Hall–Kier alpha value is -7.33. The van der Waals surface area contributed by atoms with E-state index in [1.165, 1.54) is 5.39 Å². The zero-order valence-electron chi connectivity index (χ0n) is 37.6.